The lowest BCUT2D eigenvalue weighted by molar-refractivity contribution is 0.122. The van der Waals surface area contributed by atoms with Gasteiger partial charge in [0.2, 0.25) is 5.95 Å². The summed E-state index contributed by atoms with van der Waals surface area (Å²) in [4.78, 5) is 11.2. The van der Waals surface area contributed by atoms with Gasteiger partial charge in [0.15, 0.2) is 5.65 Å². The summed E-state index contributed by atoms with van der Waals surface area (Å²) < 4.78 is 35.3. The number of fused-ring (bicyclic) bond motifs is 1. The van der Waals surface area contributed by atoms with E-state index in [2.05, 4.69) is 15.1 Å². The topological polar surface area (TPSA) is 82.1 Å². The summed E-state index contributed by atoms with van der Waals surface area (Å²) in [6.45, 7) is 2.74. The van der Waals surface area contributed by atoms with Crippen molar-refractivity contribution in [1.29, 1.82) is 0 Å². The summed E-state index contributed by atoms with van der Waals surface area (Å²) in [5, 5.41) is 5.03. The maximum absolute atomic E-state index is 14.7. The first-order valence-electron chi connectivity index (χ1n) is 9.96. The van der Waals surface area contributed by atoms with Crippen molar-refractivity contribution in [3.05, 3.63) is 65.7 Å². The van der Waals surface area contributed by atoms with E-state index < -0.39 is 11.6 Å². The van der Waals surface area contributed by atoms with Crippen LogP contribution < -0.4 is 10.6 Å². The van der Waals surface area contributed by atoms with Crippen molar-refractivity contribution in [3.8, 4) is 11.3 Å². The Morgan fingerprint density at radius 1 is 1.00 bits per heavy atom. The Morgan fingerprint density at radius 2 is 1.77 bits per heavy atom. The predicted molar refractivity (Wildman–Crippen MR) is 114 cm³/mol. The summed E-state index contributed by atoms with van der Waals surface area (Å²) >= 11 is 0. The molecule has 2 aromatic heterocycles. The van der Waals surface area contributed by atoms with Crippen LogP contribution in [-0.2, 0) is 11.3 Å². The van der Waals surface area contributed by atoms with Crippen LogP contribution in [0.25, 0.3) is 22.3 Å². The van der Waals surface area contributed by atoms with Gasteiger partial charge in [-0.1, -0.05) is 30.3 Å². The van der Waals surface area contributed by atoms with Gasteiger partial charge < -0.3 is 15.4 Å². The highest BCUT2D eigenvalue weighted by molar-refractivity contribution is 5.99. The van der Waals surface area contributed by atoms with Gasteiger partial charge in [0.05, 0.1) is 30.8 Å². The fraction of sp³-hybridized carbons (Fsp3) is 0.227. The number of nitrogen functional groups attached to an aromatic ring is 1. The average molecular weight is 422 g/mol. The molecule has 1 fully saturated rings. The predicted octanol–water partition coefficient (Wildman–Crippen LogP) is 3.24. The third-order valence-corrected chi connectivity index (χ3v) is 5.28. The Labute approximate surface area is 177 Å². The Kier molecular flexibility index (Phi) is 4.95. The summed E-state index contributed by atoms with van der Waals surface area (Å²) in [6, 6.07) is 13.1. The smallest absolute Gasteiger partial charge is 0.228 e. The zero-order chi connectivity index (χ0) is 21.4. The number of rotatable bonds is 4. The van der Waals surface area contributed by atoms with Crippen LogP contribution in [0.1, 0.15) is 5.56 Å². The van der Waals surface area contributed by atoms with E-state index in [0.29, 0.717) is 61.3 Å². The fourth-order valence-corrected chi connectivity index (χ4v) is 3.70. The van der Waals surface area contributed by atoms with Crippen molar-refractivity contribution >= 4 is 22.8 Å². The number of hydrogen-bond acceptors (Lipinski definition) is 6. The van der Waals surface area contributed by atoms with Gasteiger partial charge in [-0.2, -0.15) is 4.98 Å². The maximum Gasteiger partial charge on any atom is 0.228 e. The molecule has 0 radical (unpaired) electrons. The number of nitrogens with two attached hydrogens (primary N) is 1. The van der Waals surface area contributed by atoms with Crippen LogP contribution in [0, 0.1) is 11.6 Å². The lowest BCUT2D eigenvalue weighted by Crippen LogP contribution is -2.37. The Morgan fingerprint density at radius 3 is 2.52 bits per heavy atom. The van der Waals surface area contributed by atoms with E-state index >= 15 is 0 Å². The van der Waals surface area contributed by atoms with E-state index in [4.69, 9.17) is 10.5 Å². The van der Waals surface area contributed by atoms with Gasteiger partial charge in [0.1, 0.15) is 17.5 Å². The molecular weight excluding hydrogens is 402 g/mol. The standard InChI is InChI=1S/C22H20F2N6O/c23-15-6-7-16(17(24)12-15)19-18-20(25)30(13-14-4-2-1-3-5-14)28-21(18)27-22(26-19)29-8-10-31-11-9-29/h1-7,12H,8-11,13,25H2. The van der Waals surface area contributed by atoms with Gasteiger partial charge in [-0.25, -0.2) is 18.4 Å². The highest BCUT2D eigenvalue weighted by Gasteiger charge is 2.23. The molecule has 158 valence electrons. The van der Waals surface area contributed by atoms with Gasteiger partial charge in [-0.05, 0) is 17.7 Å². The molecule has 0 unspecified atom stereocenters. The molecule has 0 amide bonds. The number of aromatic nitrogens is 4. The van der Waals surface area contributed by atoms with Crippen LogP contribution in [0.3, 0.4) is 0 Å². The minimum Gasteiger partial charge on any atom is -0.383 e. The van der Waals surface area contributed by atoms with Crippen molar-refractivity contribution in [3.63, 3.8) is 0 Å². The highest BCUT2D eigenvalue weighted by atomic mass is 19.1. The fourth-order valence-electron chi connectivity index (χ4n) is 3.70. The molecule has 0 bridgehead atoms. The summed E-state index contributed by atoms with van der Waals surface area (Å²) in [5.41, 5.74) is 8.24. The second-order valence-corrected chi connectivity index (χ2v) is 7.32. The Bertz CT molecular complexity index is 1240. The minimum absolute atomic E-state index is 0.147. The van der Waals surface area contributed by atoms with Crippen molar-refractivity contribution in [1.82, 2.24) is 19.7 Å². The third-order valence-electron chi connectivity index (χ3n) is 5.28. The van der Waals surface area contributed by atoms with Gasteiger partial charge in [0, 0.05) is 24.7 Å². The van der Waals surface area contributed by atoms with E-state index in [1.54, 1.807) is 4.68 Å². The first-order chi connectivity index (χ1) is 15.1. The number of hydrogen-bond donors (Lipinski definition) is 1. The number of nitrogens with zero attached hydrogens (tertiary/aromatic N) is 5. The zero-order valence-electron chi connectivity index (χ0n) is 16.6. The zero-order valence-corrected chi connectivity index (χ0v) is 16.6. The van der Waals surface area contributed by atoms with E-state index in [-0.39, 0.29) is 5.56 Å². The number of morpholine rings is 1. The van der Waals surface area contributed by atoms with Gasteiger partial charge in [0.25, 0.3) is 0 Å². The molecule has 1 aliphatic heterocycles. The Hall–Kier alpha value is -3.59. The second-order valence-electron chi connectivity index (χ2n) is 7.32. The minimum atomic E-state index is -0.719. The summed E-state index contributed by atoms with van der Waals surface area (Å²) in [6.07, 6.45) is 0. The van der Waals surface area contributed by atoms with Crippen LogP contribution in [0.4, 0.5) is 20.5 Å². The molecule has 0 atom stereocenters. The summed E-state index contributed by atoms with van der Waals surface area (Å²) in [7, 11) is 0. The second kappa shape index (κ2) is 7.92. The first-order valence-corrected chi connectivity index (χ1v) is 9.96. The van der Waals surface area contributed by atoms with Crippen LogP contribution in [0.2, 0.25) is 0 Å². The van der Waals surface area contributed by atoms with Crippen LogP contribution in [-0.4, -0.2) is 46.1 Å². The van der Waals surface area contributed by atoms with Crippen molar-refractivity contribution in [2.45, 2.75) is 6.54 Å². The number of benzene rings is 2. The number of ether oxygens (including phenoxy) is 1. The number of anilines is 2. The Balaban J connectivity index is 1.69. The molecule has 0 spiro atoms. The van der Waals surface area contributed by atoms with Crippen molar-refractivity contribution < 1.29 is 13.5 Å². The molecule has 31 heavy (non-hydrogen) atoms. The molecule has 4 aromatic rings. The molecule has 2 N–H and O–H groups in total. The van der Waals surface area contributed by atoms with Crippen LogP contribution in [0.5, 0.6) is 0 Å². The molecule has 2 aromatic carbocycles. The normalized spacial score (nSPS) is 14.3. The average Bonchev–Trinajstić information content (AvgIpc) is 3.10. The molecule has 0 saturated carbocycles. The quantitative estimate of drug-likeness (QED) is 0.544. The molecule has 7 nitrogen and oxygen atoms in total. The van der Waals surface area contributed by atoms with Crippen LogP contribution >= 0.6 is 0 Å². The van der Waals surface area contributed by atoms with E-state index in [0.717, 1.165) is 11.6 Å². The molecule has 0 aliphatic carbocycles. The van der Waals surface area contributed by atoms with E-state index in [1.165, 1.54) is 12.1 Å². The largest absolute Gasteiger partial charge is 0.383 e. The van der Waals surface area contributed by atoms with Gasteiger partial charge >= 0.3 is 0 Å². The monoisotopic (exact) mass is 422 g/mol. The molecule has 5 rings (SSSR count). The van der Waals surface area contributed by atoms with E-state index in [9.17, 15) is 8.78 Å². The third kappa shape index (κ3) is 3.68. The molecule has 1 aliphatic rings. The van der Waals surface area contributed by atoms with Crippen LogP contribution in [0.15, 0.2) is 48.5 Å². The molecular formula is C22H20F2N6O. The number of halogens is 2. The lowest BCUT2D eigenvalue weighted by Gasteiger charge is -2.27. The van der Waals surface area contributed by atoms with Gasteiger partial charge in [-0.15, -0.1) is 5.10 Å². The maximum atomic E-state index is 14.7. The molecule has 3 heterocycles. The highest BCUT2D eigenvalue weighted by Crippen LogP contribution is 2.34. The van der Waals surface area contributed by atoms with Gasteiger partial charge in [-0.3, -0.25) is 0 Å². The van der Waals surface area contributed by atoms with E-state index in [1.807, 2.05) is 35.2 Å². The first kappa shape index (κ1) is 19.4. The van der Waals surface area contributed by atoms with Crippen molar-refractivity contribution in [2.24, 2.45) is 0 Å². The lowest BCUT2D eigenvalue weighted by atomic mass is 10.1. The molecule has 1 saturated heterocycles. The SMILES string of the molecule is Nc1c2c(-c3ccc(F)cc3F)nc(N3CCOCC3)nc2nn1Cc1ccccc1. The summed E-state index contributed by atoms with van der Waals surface area (Å²) in [5.74, 6) is -0.638. The van der Waals surface area contributed by atoms with Crippen molar-refractivity contribution in [2.75, 3.05) is 36.9 Å². The molecule has 9 heteroatoms.